The van der Waals surface area contributed by atoms with E-state index < -0.39 is 0 Å². The number of nitrogens with one attached hydrogen (secondary N) is 1. The van der Waals surface area contributed by atoms with Crippen molar-refractivity contribution >= 4 is 23.3 Å². The second-order valence-electron chi connectivity index (χ2n) is 7.37. The fourth-order valence-electron chi connectivity index (χ4n) is 3.60. The normalized spacial score (nSPS) is 16.3. The van der Waals surface area contributed by atoms with E-state index in [2.05, 4.69) is 20.2 Å². The van der Waals surface area contributed by atoms with Gasteiger partial charge in [0, 0.05) is 36.4 Å². The van der Waals surface area contributed by atoms with Gasteiger partial charge in [-0.05, 0) is 60.9 Å². The zero-order valence-corrected chi connectivity index (χ0v) is 17.1. The summed E-state index contributed by atoms with van der Waals surface area (Å²) in [6, 6.07) is 15.4. The number of nitrogens with zero attached hydrogens (tertiary/aromatic N) is 3. The van der Waals surface area contributed by atoms with Crippen LogP contribution in [0.4, 0.5) is 10.2 Å². The summed E-state index contributed by atoms with van der Waals surface area (Å²) in [6.07, 6.45) is 3.46. The van der Waals surface area contributed by atoms with Crippen LogP contribution in [0.1, 0.15) is 18.4 Å². The third-order valence-corrected chi connectivity index (χ3v) is 5.49. The highest BCUT2D eigenvalue weighted by atomic mass is 35.5. The molecule has 0 unspecified atom stereocenters. The molecule has 3 aromatic rings. The van der Waals surface area contributed by atoms with Gasteiger partial charge in [0.05, 0.1) is 5.92 Å². The Morgan fingerprint density at radius 2 is 1.90 bits per heavy atom. The van der Waals surface area contributed by atoms with Crippen molar-refractivity contribution in [3.05, 3.63) is 77.2 Å². The predicted molar refractivity (Wildman–Crippen MR) is 116 cm³/mol. The first kappa shape index (κ1) is 20.3. The smallest absolute Gasteiger partial charge is 0.225 e. The van der Waals surface area contributed by atoms with Crippen molar-refractivity contribution in [3.63, 3.8) is 0 Å². The summed E-state index contributed by atoms with van der Waals surface area (Å²) in [5.41, 5.74) is 1.77. The molecule has 0 radical (unpaired) electrons. The third-order valence-electron chi connectivity index (χ3n) is 5.24. The zero-order chi connectivity index (χ0) is 20.9. The van der Waals surface area contributed by atoms with E-state index in [1.807, 2.05) is 30.3 Å². The highest BCUT2D eigenvalue weighted by Gasteiger charge is 2.26. The van der Waals surface area contributed by atoms with E-state index >= 15 is 0 Å². The van der Waals surface area contributed by atoms with Gasteiger partial charge >= 0.3 is 0 Å². The molecule has 1 aliphatic rings. The van der Waals surface area contributed by atoms with Crippen molar-refractivity contribution in [2.45, 2.75) is 19.4 Å². The highest BCUT2D eigenvalue weighted by Crippen LogP contribution is 2.24. The van der Waals surface area contributed by atoms with Gasteiger partial charge in [0.1, 0.15) is 11.6 Å². The Hall–Kier alpha value is -2.99. The van der Waals surface area contributed by atoms with Gasteiger partial charge in [-0.25, -0.2) is 14.4 Å². The molecule has 2 aromatic carbocycles. The van der Waals surface area contributed by atoms with Crippen LogP contribution in [0.15, 0.2) is 60.8 Å². The molecule has 0 saturated carbocycles. The number of anilines is 1. The van der Waals surface area contributed by atoms with Gasteiger partial charge in [-0.15, -0.1) is 0 Å². The van der Waals surface area contributed by atoms with E-state index in [-0.39, 0.29) is 17.6 Å². The molecule has 0 spiro atoms. The minimum Gasteiger partial charge on any atom is -0.356 e. The molecule has 0 bridgehead atoms. The van der Waals surface area contributed by atoms with Crippen LogP contribution in [0, 0.1) is 11.7 Å². The Kier molecular flexibility index (Phi) is 6.23. The van der Waals surface area contributed by atoms with Crippen LogP contribution in [-0.2, 0) is 11.3 Å². The maximum absolute atomic E-state index is 13.2. The Labute approximate surface area is 179 Å². The van der Waals surface area contributed by atoms with Crippen molar-refractivity contribution in [2.24, 2.45) is 5.92 Å². The Bertz CT molecular complexity index is 1010. The number of amides is 1. The summed E-state index contributed by atoms with van der Waals surface area (Å²) in [6.45, 7) is 1.92. The molecular formula is C23H22ClFN4O. The molecule has 154 valence electrons. The van der Waals surface area contributed by atoms with Gasteiger partial charge in [-0.2, -0.15) is 0 Å². The number of aromatic nitrogens is 2. The first-order valence-electron chi connectivity index (χ1n) is 9.94. The summed E-state index contributed by atoms with van der Waals surface area (Å²) < 4.78 is 13.2. The fraction of sp³-hybridized carbons (Fsp3) is 0.261. The van der Waals surface area contributed by atoms with Gasteiger partial charge in [0.15, 0.2) is 5.82 Å². The van der Waals surface area contributed by atoms with E-state index in [9.17, 15) is 9.18 Å². The first-order valence-corrected chi connectivity index (χ1v) is 10.3. The fourth-order valence-corrected chi connectivity index (χ4v) is 3.72. The second-order valence-corrected chi connectivity index (χ2v) is 7.81. The second kappa shape index (κ2) is 9.22. The maximum atomic E-state index is 13.2. The van der Waals surface area contributed by atoms with Crippen LogP contribution in [0.3, 0.4) is 0 Å². The summed E-state index contributed by atoms with van der Waals surface area (Å²) >= 11 is 5.91. The van der Waals surface area contributed by atoms with Crippen molar-refractivity contribution < 1.29 is 9.18 Å². The van der Waals surface area contributed by atoms with Gasteiger partial charge in [0.25, 0.3) is 0 Å². The lowest BCUT2D eigenvalue weighted by Gasteiger charge is -2.33. The molecule has 0 aliphatic carbocycles. The van der Waals surface area contributed by atoms with Crippen molar-refractivity contribution in [2.75, 3.05) is 18.0 Å². The number of rotatable bonds is 5. The third kappa shape index (κ3) is 4.94. The lowest BCUT2D eigenvalue weighted by Crippen LogP contribution is -2.43. The minimum absolute atomic E-state index is 0.0439. The summed E-state index contributed by atoms with van der Waals surface area (Å²) in [5, 5.41) is 3.70. The predicted octanol–water partition coefficient (Wildman–Crippen LogP) is 4.47. The van der Waals surface area contributed by atoms with E-state index in [4.69, 9.17) is 11.6 Å². The number of carbonyl (C=O) groups is 1. The van der Waals surface area contributed by atoms with Crippen molar-refractivity contribution in [3.8, 4) is 11.4 Å². The average Bonchev–Trinajstić information content (AvgIpc) is 2.79. The topological polar surface area (TPSA) is 58.1 Å². The van der Waals surface area contributed by atoms with Gasteiger partial charge < -0.3 is 10.2 Å². The Morgan fingerprint density at radius 1 is 1.13 bits per heavy atom. The van der Waals surface area contributed by atoms with E-state index in [0.29, 0.717) is 23.9 Å². The molecule has 2 heterocycles. The van der Waals surface area contributed by atoms with Crippen molar-refractivity contribution in [1.82, 2.24) is 15.3 Å². The standard InChI is InChI=1S/C23H22ClFN4O/c24-19-7-3-16(4-8-19)14-27-23(30)18-2-1-13-29(15-18)21-11-12-26-22(28-21)17-5-9-20(25)10-6-17/h3-12,18H,1-2,13-15H2,(H,27,30)/t18-/m0/s1. The van der Waals surface area contributed by atoms with Crippen LogP contribution in [0.25, 0.3) is 11.4 Å². The molecule has 1 atom stereocenters. The summed E-state index contributed by atoms with van der Waals surface area (Å²) in [5.74, 6) is 0.970. The van der Waals surface area contributed by atoms with E-state index in [1.54, 1.807) is 18.3 Å². The zero-order valence-electron chi connectivity index (χ0n) is 16.4. The lowest BCUT2D eigenvalue weighted by atomic mass is 9.97. The molecule has 1 aromatic heterocycles. The monoisotopic (exact) mass is 424 g/mol. The largest absolute Gasteiger partial charge is 0.356 e. The van der Waals surface area contributed by atoms with E-state index in [1.165, 1.54) is 12.1 Å². The molecule has 5 nitrogen and oxygen atoms in total. The molecule has 30 heavy (non-hydrogen) atoms. The van der Waals surface area contributed by atoms with Crippen LogP contribution < -0.4 is 10.2 Å². The van der Waals surface area contributed by atoms with Gasteiger partial charge in [-0.1, -0.05) is 23.7 Å². The molecule has 1 aliphatic heterocycles. The molecule has 1 amide bonds. The Balaban J connectivity index is 1.41. The lowest BCUT2D eigenvalue weighted by molar-refractivity contribution is -0.125. The average molecular weight is 425 g/mol. The quantitative estimate of drug-likeness (QED) is 0.656. The first-order chi connectivity index (χ1) is 14.6. The number of carbonyl (C=O) groups excluding carboxylic acids is 1. The number of piperidine rings is 1. The number of benzene rings is 2. The number of hydrogen-bond donors (Lipinski definition) is 1. The molecule has 1 fully saturated rings. The highest BCUT2D eigenvalue weighted by molar-refractivity contribution is 6.30. The SMILES string of the molecule is O=C(NCc1ccc(Cl)cc1)[C@H]1CCCN(c2ccnc(-c3ccc(F)cc3)n2)C1. The van der Waals surface area contributed by atoms with E-state index in [0.717, 1.165) is 36.3 Å². The number of halogens is 2. The molecule has 1 N–H and O–H groups in total. The molecular weight excluding hydrogens is 403 g/mol. The summed E-state index contributed by atoms with van der Waals surface area (Å²) in [4.78, 5) is 23.8. The van der Waals surface area contributed by atoms with Crippen molar-refractivity contribution in [1.29, 1.82) is 0 Å². The Morgan fingerprint density at radius 3 is 2.67 bits per heavy atom. The minimum atomic E-state index is -0.293. The van der Waals surface area contributed by atoms with Gasteiger partial charge in [0.2, 0.25) is 5.91 Å². The summed E-state index contributed by atoms with van der Waals surface area (Å²) in [7, 11) is 0. The molecule has 4 rings (SSSR count). The van der Waals surface area contributed by atoms with Crippen LogP contribution in [-0.4, -0.2) is 29.0 Å². The maximum Gasteiger partial charge on any atom is 0.225 e. The number of hydrogen-bond acceptors (Lipinski definition) is 4. The van der Waals surface area contributed by atoms with Gasteiger partial charge in [-0.3, -0.25) is 4.79 Å². The van der Waals surface area contributed by atoms with Crippen LogP contribution in [0.2, 0.25) is 5.02 Å². The molecule has 7 heteroatoms. The van der Waals surface area contributed by atoms with Crippen LogP contribution >= 0.6 is 11.6 Å². The molecule has 1 saturated heterocycles. The van der Waals surface area contributed by atoms with Crippen LogP contribution in [0.5, 0.6) is 0 Å².